The van der Waals surface area contributed by atoms with Gasteiger partial charge in [0.05, 0.1) is 17.7 Å². The van der Waals surface area contributed by atoms with Crippen LogP contribution in [-0.2, 0) is 4.74 Å². The summed E-state index contributed by atoms with van der Waals surface area (Å²) in [6.45, 7) is 3.29. The first-order valence-corrected chi connectivity index (χ1v) is 4.57. The second kappa shape index (κ2) is 4.59. The molecule has 80 valence electrons. The van der Waals surface area contributed by atoms with Crippen LogP contribution in [-0.4, -0.2) is 23.5 Å². The minimum atomic E-state index is -0.500. The quantitative estimate of drug-likeness (QED) is 0.607. The summed E-state index contributed by atoms with van der Waals surface area (Å²) in [4.78, 5) is 22.4. The van der Waals surface area contributed by atoms with Crippen molar-refractivity contribution in [1.82, 2.24) is 0 Å². The SMILES string of the molecule is CCOC(=O)c1ccc(O)c(C(C)=O)c1. The molecular weight excluding hydrogens is 196 g/mol. The maximum Gasteiger partial charge on any atom is 0.338 e. The Labute approximate surface area is 87.5 Å². The number of phenols is 1. The van der Waals surface area contributed by atoms with Crippen molar-refractivity contribution in [3.63, 3.8) is 0 Å². The number of aromatic hydroxyl groups is 1. The second-order valence-electron chi connectivity index (χ2n) is 3.01. The first-order valence-electron chi connectivity index (χ1n) is 4.57. The Kier molecular flexibility index (Phi) is 3.44. The Bertz CT molecular complexity index is 396. The molecule has 0 saturated carbocycles. The van der Waals surface area contributed by atoms with Gasteiger partial charge < -0.3 is 9.84 Å². The van der Waals surface area contributed by atoms with Crippen molar-refractivity contribution < 1.29 is 19.4 Å². The van der Waals surface area contributed by atoms with Gasteiger partial charge in [0, 0.05) is 0 Å². The molecule has 1 N–H and O–H groups in total. The molecule has 0 bridgehead atoms. The number of hydrogen-bond donors (Lipinski definition) is 1. The van der Waals surface area contributed by atoms with Crippen LogP contribution in [0.15, 0.2) is 18.2 Å². The lowest BCUT2D eigenvalue weighted by atomic mass is 10.1. The number of phenolic OH excluding ortho intramolecular Hbond substituents is 1. The molecule has 0 fully saturated rings. The van der Waals surface area contributed by atoms with E-state index < -0.39 is 5.97 Å². The van der Waals surface area contributed by atoms with Gasteiger partial charge in [-0.1, -0.05) is 0 Å². The summed E-state index contributed by atoms with van der Waals surface area (Å²) in [7, 11) is 0. The molecule has 0 atom stereocenters. The van der Waals surface area contributed by atoms with Gasteiger partial charge in [0.25, 0.3) is 0 Å². The Morgan fingerprint density at radius 3 is 2.60 bits per heavy atom. The van der Waals surface area contributed by atoms with Crippen molar-refractivity contribution in [2.24, 2.45) is 0 Å². The number of rotatable bonds is 3. The minimum Gasteiger partial charge on any atom is -0.507 e. The predicted molar refractivity (Wildman–Crippen MR) is 54.1 cm³/mol. The van der Waals surface area contributed by atoms with Gasteiger partial charge in [0.2, 0.25) is 0 Å². The summed E-state index contributed by atoms with van der Waals surface area (Å²) >= 11 is 0. The van der Waals surface area contributed by atoms with E-state index in [1.165, 1.54) is 25.1 Å². The monoisotopic (exact) mass is 208 g/mol. The van der Waals surface area contributed by atoms with Gasteiger partial charge in [0.1, 0.15) is 5.75 Å². The van der Waals surface area contributed by atoms with Crippen molar-refractivity contribution in [1.29, 1.82) is 0 Å². The molecule has 0 unspecified atom stereocenters. The molecule has 0 aliphatic heterocycles. The zero-order valence-corrected chi connectivity index (χ0v) is 8.61. The van der Waals surface area contributed by atoms with Gasteiger partial charge in [-0.05, 0) is 32.0 Å². The largest absolute Gasteiger partial charge is 0.507 e. The van der Waals surface area contributed by atoms with Crippen molar-refractivity contribution >= 4 is 11.8 Å². The average molecular weight is 208 g/mol. The highest BCUT2D eigenvalue weighted by molar-refractivity contribution is 6.00. The molecule has 0 radical (unpaired) electrons. The van der Waals surface area contributed by atoms with Crippen molar-refractivity contribution in [3.8, 4) is 5.75 Å². The highest BCUT2D eigenvalue weighted by Crippen LogP contribution is 2.19. The molecule has 0 aromatic heterocycles. The van der Waals surface area contributed by atoms with E-state index in [9.17, 15) is 14.7 Å². The van der Waals surface area contributed by atoms with Crippen LogP contribution in [0.1, 0.15) is 34.6 Å². The second-order valence-corrected chi connectivity index (χ2v) is 3.01. The van der Waals surface area contributed by atoms with E-state index in [4.69, 9.17) is 4.74 Å². The zero-order chi connectivity index (χ0) is 11.4. The number of carbonyl (C=O) groups is 2. The van der Waals surface area contributed by atoms with E-state index in [0.29, 0.717) is 0 Å². The summed E-state index contributed by atoms with van der Waals surface area (Å²) in [5, 5.41) is 9.34. The van der Waals surface area contributed by atoms with Gasteiger partial charge in [0.15, 0.2) is 5.78 Å². The first kappa shape index (κ1) is 11.2. The topological polar surface area (TPSA) is 63.6 Å². The third-order valence-corrected chi connectivity index (χ3v) is 1.89. The summed E-state index contributed by atoms with van der Waals surface area (Å²) in [5.41, 5.74) is 0.389. The number of benzene rings is 1. The molecule has 0 amide bonds. The fraction of sp³-hybridized carbons (Fsp3) is 0.273. The number of Topliss-reactive ketones (excluding diaryl/α,β-unsaturated/α-hetero) is 1. The van der Waals surface area contributed by atoms with E-state index in [-0.39, 0.29) is 29.3 Å². The van der Waals surface area contributed by atoms with Crippen LogP contribution in [0.2, 0.25) is 0 Å². The van der Waals surface area contributed by atoms with Crippen molar-refractivity contribution in [2.45, 2.75) is 13.8 Å². The minimum absolute atomic E-state index is 0.126. The molecule has 4 heteroatoms. The smallest absolute Gasteiger partial charge is 0.338 e. The summed E-state index contributed by atoms with van der Waals surface area (Å²) in [5.74, 6) is -0.922. The first-order chi connectivity index (χ1) is 7.06. The predicted octanol–water partition coefficient (Wildman–Crippen LogP) is 1.77. The average Bonchev–Trinajstić information content (AvgIpc) is 2.18. The standard InChI is InChI=1S/C11H12O4/c1-3-15-11(14)8-4-5-10(13)9(6-8)7(2)12/h4-6,13H,3H2,1-2H3. The van der Waals surface area contributed by atoms with Gasteiger partial charge >= 0.3 is 5.97 Å². The lowest BCUT2D eigenvalue weighted by Gasteiger charge is -2.04. The summed E-state index contributed by atoms with van der Waals surface area (Å²) in [6, 6.07) is 4.05. The molecular formula is C11H12O4. The van der Waals surface area contributed by atoms with Crippen LogP contribution in [0, 0.1) is 0 Å². The lowest BCUT2D eigenvalue weighted by Crippen LogP contribution is -2.06. The van der Waals surface area contributed by atoms with Gasteiger partial charge in [-0.2, -0.15) is 0 Å². The van der Waals surface area contributed by atoms with E-state index in [2.05, 4.69) is 0 Å². The Hall–Kier alpha value is -1.84. The maximum atomic E-state index is 11.3. The zero-order valence-electron chi connectivity index (χ0n) is 8.61. The molecule has 0 heterocycles. The molecule has 1 aromatic carbocycles. The normalized spacial score (nSPS) is 9.73. The molecule has 1 aromatic rings. The highest BCUT2D eigenvalue weighted by Gasteiger charge is 2.12. The number of esters is 1. The van der Waals surface area contributed by atoms with Gasteiger partial charge in [-0.3, -0.25) is 4.79 Å². The molecule has 0 aliphatic rings. The molecule has 0 aliphatic carbocycles. The Balaban J connectivity index is 3.07. The third-order valence-electron chi connectivity index (χ3n) is 1.89. The van der Waals surface area contributed by atoms with E-state index in [1.807, 2.05) is 0 Å². The lowest BCUT2D eigenvalue weighted by molar-refractivity contribution is 0.0526. The fourth-order valence-electron chi connectivity index (χ4n) is 1.16. The summed E-state index contributed by atoms with van der Waals surface area (Å²) < 4.78 is 4.77. The number of ether oxygens (including phenoxy) is 1. The van der Waals surface area contributed by atoms with Crippen LogP contribution in [0.25, 0.3) is 0 Å². The molecule has 0 saturated heterocycles. The highest BCUT2D eigenvalue weighted by atomic mass is 16.5. The Morgan fingerprint density at radius 1 is 1.40 bits per heavy atom. The maximum absolute atomic E-state index is 11.3. The molecule has 0 spiro atoms. The van der Waals surface area contributed by atoms with E-state index in [1.54, 1.807) is 6.92 Å². The van der Waals surface area contributed by atoms with Crippen LogP contribution in [0.3, 0.4) is 0 Å². The van der Waals surface area contributed by atoms with Crippen LogP contribution < -0.4 is 0 Å². The summed E-state index contributed by atoms with van der Waals surface area (Å²) in [6.07, 6.45) is 0. The molecule has 1 rings (SSSR count). The van der Waals surface area contributed by atoms with Gasteiger partial charge in [-0.15, -0.1) is 0 Å². The van der Waals surface area contributed by atoms with Gasteiger partial charge in [-0.25, -0.2) is 4.79 Å². The number of ketones is 1. The third kappa shape index (κ3) is 2.56. The number of hydrogen-bond acceptors (Lipinski definition) is 4. The van der Waals surface area contributed by atoms with Crippen molar-refractivity contribution in [2.75, 3.05) is 6.61 Å². The number of carbonyl (C=O) groups excluding carboxylic acids is 2. The Morgan fingerprint density at radius 2 is 2.07 bits per heavy atom. The molecule has 4 nitrogen and oxygen atoms in total. The van der Waals surface area contributed by atoms with Crippen LogP contribution in [0.4, 0.5) is 0 Å². The van der Waals surface area contributed by atoms with Crippen molar-refractivity contribution in [3.05, 3.63) is 29.3 Å². The van der Waals surface area contributed by atoms with Crippen LogP contribution in [0.5, 0.6) is 5.75 Å². The van der Waals surface area contributed by atoms with E-state index >= 15 is 0 Å². The fourth-order valence-corrected chi connectivity index (χ4v) is 1.16. The van der Waals surface area contributed by atoms with Crippen LogP contribution >= 0.6 is 0 Å². The molecule has 15 heavy (non-hydrogen) atoms. The van der Waals surface area contributed by atoms with E-state index in [0.717, 1.165) is 0 Å².